The first kappa shape index (κ1) is 11.5. The molecule has 0 aromatic heterocycles. The SMILES string of the molecule is O=C(CCCCl)NC1Cc2ccccc2C1. The number of rotatable bonds is 4. The van der Waals surface area contributed by atoms with Gasteiger partial charge < -0.3 is 5.32 Å². The van der Waals surface area contributed by atoms with Crippen molar-refractivity contribution >= 4 is 17.5 Å². The molecule has 0 saturated carbocycles. The zero-order valence-electron chi connectivity index (χ0n) is 9.21. The van der Waals surface area contributed by atoms with Crippen LogP contribution in [0.4, 0.5) is 0 Å². The summed E-state index contributed by atoms with van der Waals surface area (Å²) in [6, 6.07) is 8.66. The minimum absolute atomic E-state index is 0.124. The van der Waals surface area contributed by atoms with Crippen molar-refractivity contribution in [1.29, 1.82) is 0 Å². The fourth-order valence-corrected chi connectivity index (χ4v) is 2.32. The number of amides is 1. The van der Waals surface area contributed by atoms with E-state index in [1.165, 1.54) is 11.1 Å². The Morgan fingerprint density at radius 3 is 2.50 bits per heavy atom. The Bertz CT molecular complexity index is 353. The molecule has 1 aromatic carbocycles. The summed E-state index contributed by atoms with van der Waals surface area (Å²) >= 11 is 5.56. The molecule has 0 bridgehead atoms. The molecule has 0 spiro atoms. The molecule has 0 aliphatic heterocycles. The Labute approximate surface area is 101 Å². The van der Waals surface area contributed by atoms with Crippen LogP contribution in [0.25, 0.3) is 0 Å². The van der Waals surface area contributed by atoms with Gasteiger partial charge in [0.05, 0.1) is 0 Å². The highest BCUT2D eigenvalue weighted by atomic mass is 35.5. The number of hydrogen-bond donors (Lipinski definition) is 1. The van der Waals surface area contributed by atoms with Crippen molar-refractivity contribution in [2.45, 2.75) is 31.7 Å². The average Bonchev–Trinajstić information content (AvgIpc) is 2.68. The Morgan fingerprint density at radius 1 is 1.31 bits per heavy atom. The Balaban J connectivity index is 1.85. The van der Waals surface area contributed by atoms with Crippen molar-refractivity contribution in [2.75, 3.05) is 5.88 Å². The molecule has 0 fully saturated rings. The lowest BCUT2D eigenvalue weighted by Crippen LogP contribution is -2.35. The van der Waals surface area contributed by atoms with Gasteiger partial charge in [0.2, 0.25) is 5.91 Å². The second kappa shape index (κ2) is 5.35. The quantitative estimate of drug-likeness (QED) is 0.800. The Hall–Kier alpha value is -1.02. The zero-order chi connectivity index (χ0) is 11.4. The highest BCUT2D eigenvalue weighted by Crippen LogP contribution is 2.21. The molecule has 0 saturated heterocycles. The van der Waals surface area contributed by atoms with Gasteiger partial charge in [0.25, 0.3) is 0 Å². The molecule has 0 unspecified atom stereocenters. The molecular weight excluding hydrogens is 222 g/mol. The molecule has 1 aliphatic rings. The van der Waals surface area contributed by atoms with Gasteiger partial charge in [0, 0.05) is 18.3 Å². The number of carbonyl (C=O) groups excluding carboxylic acids is 1. The van der Waals surface area contributed by atoms with Crippen LogP contribution < -0.4 is 5.32 Å². The Kier molecular flexibility index (Phi) is 3.83. The highest BCUT2D eigenvalue weighted by molar-refractivity contribution is 6.17. The van der Waals surface area contributed by atoms with E-state index in [1.807, 2.05) is 0 Å². The van der Waals surface area contributed by atoms with E-state index in [4.69, 9.17) is 11.6 Å². The van der Waals surface area contributed by atoms with Crippen molar-refractivity contribution in [1.82, 2.24) is 5.32 Å². The molecule has 0 atom stereocenters. The lowest BCUT2D eigenvalue weighted by atomic mass is 10.1. The fraction of sp³-hybridized carbons (Fsp3) is 0.462. The number of benzene rings is 1. The predicted octanol–water partition coefficient (Wildman–Crippen LogP) is 2.29. The van der Waals surface area contributed by atoms with Gasteiger partial charge in [-0.25, -0.2) is 0 Å². The van der Waals surface area contributed by atoms with Crippen LogP contribution in [0.2, 0.25) is 0 Å². The van der Waals surface area contributed by atoms with Crippen LogP contribution >= 0.6 is 11.6 Å². The number of alkyl halides is 1. The Morgan fingerprint density at radius 2 is 1.94 bits per heavy atom. The summed E-state index contributed by atoms with van der Waals surface area (Å²) in [5.41, 5.74) is 2.73. The van der Waals surface area contributed by atoms with Gasteiger partial charge in [0.1, 0.15) is 0 Å². The molecule has 86 valence electrons. The summed E-state index contributed by atoms with van der Waals surface area (Å²) in [7, 11) is 0. The van der Waals surface area contributed by atoms with E-state index < -0.39 is 0 Å². The zero-order valence-corrected chi connectivity index (χ0v) is 9.96. The van der Waals surface area contributed by atoms with E-state index in [0.717, 1.165) is 19.3 Å². The van der Waals surface area contributed by atoms with E-state index in [0.29, 0.717) is 12.3 Å². The third kappa shape index (κ3) is 2.76. The summed E-state index contributed by atoms with van der Waals surface area (Å²) in [6.45, 7) is 0. The first-order chi connectivity index (χ1) is 7.79. The van der Waals surface area contributed by atoms with Gasteiger partial charge in [-0.1, -0.05) is 24.3 Å². The number of nitrogens with one attached hydrogen (secondary N) is 1. The largest absolute Gasteiger partial charge is 0.353 e. The van der Waals surface area contributed by atoms with Crippen LogP contribution in [0, 0.1) is 0 Å². The summed E-state index contributed by atoms with van der Waals surface area (Å²) in [6.07, 6.45) is 3.22. The van der Waals surface area contributed by atoms with Crippen molar-refractivity contribution < 1.29 is 4.79 Å². The molecule has 1 aliphatic carbocycles. The lowest BCUT2D eigenvalue weighted by Gasteiger charge is -2.11. The van der Waals surface area contributed by atoms with E-state index in [1.54, 1.807) is 0 Å². The lowest BCUT2D eigenvalue weighted by molar-refractivity contribution is -0.121. The van der Waals surface area contributed by atoms with Gasteiger partial charge in [-0.2, -0.15) is 0 Å². The molecule has 3 heteroatoms. The summed E-state index contributed by atoms with van der Waals surface area (Å²) in [5.74, 6) is 0.677. The minimum Gasteiger partial charge on any atom is -0.353 e. The van der Waals surface area contributed by atoms with Crippen molar-refractivity contribution in [3.63, 3.8) is 0 Å². The van der Waals surface area contributed by atoms with Crippen LogP contribution in [0.15, 0.2) is 24.3 Å². The molecule has 1 amide bonds. The third-order valence-corrected chi connectivity index (χ3v) is 3.22. The maximum atomic E-state index is 11.5. The first-order valence-electron chi connectivity index (χ1n) is 5.71. The van der Waals surface area contributed by atoms with Gasteiger partial charge >= 0.3 is 0 Å². The predicted molar refractivity (Wildman–Crippen MR) is 65.7 cm³/mol. The molecular formula is C13H16ClNO. The smallest absolute Gasteiger partial charge is 0.220 e. The summed E-state index contributed by atoms with van der Waals surface area (Å²) in [4.78, 5) is 11.5. The monoisotopic (exact) mass is 237 g/mol. The van der Waals surface area contributed by atoms with Crippen LogP contribution in [-0.2, 0) is 17.6 Å². The van der Waals surface area contributed by atoms with Crippen LogP contribution in [0.3, 0.4) is 0 Å². The third-order valence-electron chi connectivity index (χ3n) is 2.95. The second-order valence-corrected chi connectivity index (χ2v) is 4.61. The van der Waals surface area contributed by atoms with Gasteiger partial charge in [-0.15, -0.1) is 11.6 Å². The maximum absolute atomic E-state index is 11.5. The maximum Gasteiger partial charge on any atom is 0.220 e. The molecule has 0 radical (unpaired) electrons. The highest BCUT2D eigenvalue weighted by Gasteiger charge is 2.21. The van der Waals surface area contributed by atoms with Gasteiger partial charge in [-0.05, 0) is 30.4 Å². The number of halogens is 1. The first-order valence-corrected chi connectivity index (χ1v) is 6.25. The molecule has 2 rings (SSSR count). The minimum atomic E-state index is 0.124. The average molecular weight is 238 g/mol. The molecule has 1 aromatic rings. The number of carbonyl (C=O) groups is 1. The van der Waals surface area contributed by atoms with E-state index in [2.05, 4.69) is 29.6 Å². The van der Waals surface area contributed by atoms with E-state index in [9.17, 15) is 4.79 Å². The van der Waals surface area contributed by atoms with Crippen LogP contribution in [0.5, 0.6) is 0 Å². The van der Waals surface area contributed by atoms with Crippen LogP contribution in [0.1, 0.15) is 24.0 Å². The van der Waals surface area contributed by atoms with Gasteiger partial charge in [-0.3, -0.25) is 4.79 Å². The van der Waals surface area contributed by atoms with Crippen molar-refractivity contribution in [2.24, 2.45) is 0 Å². The molecule has 2 nitrogen and oxygen atoms in total. The van der Waals surface area contributed by atoms with Crippen molar-refractivity contribution in [3.8, 4) is 0 Å². The van der Waals surface area contributed by atoms with E-state index >= 15 is 0 Å². The summed E-state index contributed by atoms with van der Waals surface area (Å²) in [5, 5.41) is 3.06. The van der Waals surface area contributed by atoms with Gasteiger partial charge in [0.15, 0.2) is 0 Å². The number of fused-ring (bicyclic) bond motifs is 1. The number of hydrogen-bond acceptors (Lipinski definition) is 1. The van der Waals surface area contributed by atoms with Crippen molar-refractivity contribution in [3.05, 3.63) is 35.4 Å². The topological polar surface area (TPSA) is 29.1 Å². The molecule has 1 N–H and O–H groups in total. The fourth-order valence-electron chi connectivity index (χ4n) is 2.19. The summed E-state index contributed by atoms with van der Waals surface area (Å²) < 4.78 is 0. The normalized spacial score (nSPS) is 14.8. The second-order valence-electron chi connectivity index (χ2n) is 4.23. The van der Waals surface area contributed by atoms with Crippen LogP contribution in [-0.4, -0.2) is 17.8 Å². The standard InChI is InChI=1S/C13H16ClNO/c14-7-3-6-13(16)15-12-8-10-4-1-2-5-11(10)9-12/h1-2,4-5,12H,3,6-9H2,(H,15,16). The molecule has 0 heterocycles. The van der Waals surface area contributed by atoms with E-state index in [-0.39, 0.29) is 11.9 Å². The molecule has 16 heavy (non-hydrogen) atoms.